The van der Waals surface area contributed by atoms with Gasteiger partial charge in [0.2, 0.25) is 11.5 Å². The number of carbonyl (C=O) groups excluding carboxylic acids is 1. The number of hydrogen-bond acceptors (Lipinski definition) is 7. The van der Waals surface area contributed by atoms with Crippen LogP contribution in [0.4, 0.5) is 16.2 Å². The summed E-state index contributed by atoms with van der Waals surface area (Å²) in [5, 5.41) is 22.8. The standard InChI is InChI=1S/C21H24N2O7/c1-20(2,3)13-7-9-17(15(11-13)22(25)26)29-19(24)30-18-10-8-14(21(4,5)6)12-16(18)23(27)28/h7-12H,1-6H3. The van der Waals surface area contributed by atoms with Crippen molar-refractivity contribution in [3.05, 3.63) is 67.8 Å². The van der Waals surface area contributed by atoms with Crippen LogP contribution in [0.5, 0.6) is 11.5 Å². The van der Waals surface area contributed by atoms with E-state index in [1.165, 1.54) is 24.3 Å². The van der Waals surface area contributed by atoms with Gasteiger partial charge < -0.3 is 9.47 Å². The van der Waals surface area contributed by atoms with Crippen LogP contribution in [0.25, 0.3) is 0 Å². The zero-order valence-corrected chi connectivity index (χ0v) is 17.7. The Morgan fingerprint density at radius 3 is 1.33 bits per heavy atom. The van der Waals surface area contributed by atoms with Gasteiger partial charge in [-0.15, -0.1) is 0 Å². The first-order chi connectivity index (χ1) is 13.7. The van der Waals surface area contributed by atoms with Gasteiger partial charge in [0, 0.05) is 12.1 Å². The van der Waals surface area contributed by atoms with Gasteiger partial charge in [-0.1, -0.05) is 53.7 Å². The van der Waals surface area contributed by atoms with Gasteiger partial charge in [0.15, 0.2) is 0 Å². The summed E-state index contributed by atoms with van der Waals surface area (Å²) in [5.74, 6) is -0.626. The highest BCUT2D eigenvalue weighted by Crippen LogP contribution is 2.35. The molecular formula is C21H24N2O7. The zero-order valence-electron chi connectivity index (χ0n) is 17.7. The molecule has 0 aromatic heterocycles. The number of ether oxygens (including phenoxy) is 2. The van der Waals surface area contributed by atoms with Crippen LogP contribution < -0.4 is 9.47 Å². The molecule has 0 unspecified atom stereocenters. The molecule has 0 saturated heterocycles. The molecule has 2 rings (SSSR count). The van der Waals surface area contributed by atoms with E-state index in [1.54, 1.807) is 12.1 Å². The highest BCUT2D eigenvalue weighted by Gasteiger charge is 2.27. The van der Waals surface area contributed by atoms with E-state index >= 15 is 0 Å². The molecule has 160 valence electrons. The summed E-state index contributed by atoms with van der Waals surface area (Å²) in [6.45, 7) is 11.3. The number of hydrogen-bond donors (Lipinski definition) is 0. The van der Waals surface area contributed by atoms with Crippen molar-refractivity contribution >= 4 is 17.5 Å². The summed E-state index contributed by atoms with van der Waals surface area (Å²) >= 11 is 0. The summed E-state index contributed by atoms with van der Waals surface area (Å²) in [6.07, 6.45) is -1.31. The molecule has 0 atom stereocenters. The Balaban J connectivity index is 2.32. The zero-order chi connectivity index (χ0) is 22.9. The van der Waals surface area contributed by atoms with Gasteiger partial charge >= 0.3 is 17.5 Å². The van der Waals surface area contributed by atoms with E-state index in [2.05, 4.69) is 0 Å². The summed E-state index contributed by atoms with van der Waals surface area (Å²) in [7, 11) is 0. The van der Waals surface area contributed by atoms with Crippen LogP contribution in [0.1, 0.15) is 52.7 Å². The Kier molecular flexibility index (Phi) is 6.15. The largest absolute Gasteiger partial charge is 0.519 e. The topological polar surface area (TPSA) is 122 Å². The molecule has 30 heavy (non-hydrogen) atoms. The fourth-order valence-electron chi connectivity index (χ4n) is 2.63. The number of nitro groups is 2. The third-order valence-corrected chi connectivity index (χ3v) is 4.43. The number of carbonyl (C=O) groups is 1. The van der Waals surface area contributed by atoms with Crippen molar-refractivity contribution in [3.8, 4) is 11.5 Å². The highest BCUT2D eigenvalue weighted by molar-refractivity contribution is 5.71. The smallest absolute Gasteiger partial charge is 0.387 e. The minimum atomic E-state index is -1.31. The highest BCUT2D eigenvalue weighted by atomic mass is 16.7. The Morgan fingerprint density at radius 2 is 1.07 bits per heavy atom. The number of rotatable bonds is 4. The molecular weight excluding hydrogens is 392 g/mol. The third-order valence-electron chi connectivity index (χ3n) is 4.43. The van der Waals surface area contributed by atoms with E-state index in [0.717, 1.165) is 0 Å². The average Bonchev–Trinajstić information content (AvgIpc) is 2.59. The van der Waals surface area contributed by atoms with Gasteiger partial charge in [-0.05, 0) is 34.1 Å². The van der Waals surface area contributed by atoms with Crippen LogP contribution in [0.15, 0.2) is 36.4 Å². The number of benzene rings is 2. The molecule has 0 amide bonds. The lowest BCUT2D eigenvalue weighted by Crippen LogP contribution is -2.17. The van der Waals surface area contributed by atoms with Gasteiger partial charge in [-0.25, -0.2) is 4.79 Å². The van der Waals surface area contributed by atoms with Crippen molar-refractivity contribution in [2.75, 3.05) is 0 Å². The maximum Gasteiger partial charge on any atom is 0.519 e. The van der Waals surface area contributed by atoms with E-state index in [0.29, 0.717) is 11.1 Å². The molecule has 0 aliphatic heterocycles. The second-order valence-corrected chi connectivity index (χ2v) is 8.83. The first-order valence-electron chi connectivity index (χ1n) is 9.17. The van der Waals surface area contributed by atoms with Gasteiger partial charge in [-0.3, -0.25) is 20.2 Å². The average molecular weight is 416 g/mol. The maximum absolute atomic E-state index is 12.2. The van der Waals surface area contributed by atoms with E-state index in [-0.39, 0.29) is 22.3 Å². The lowest BCUT2D eigenvalue weighted by Gasteiger charge is -2.19. The fourth-order valence-corrected chi connectivity index (χ4v) is 2.63. The Bertz CT molecular complexity index is 922. The molecule has 9 heteroatoms. The molecule has 0 fully saturated rings. The Labute approximate surface area is 173 Å². The van der Waals surface area contributed by atoms with Crippen LogP contribution >= 0.6 is 0 Å². The van der Waals surface area contributed by atoms with Crippen LogP contribution in [0, 0.1) is 20.2 Å². The van der Waals surface area contributed by atoms with Gasteiger partial charge in [-0.2, -0.15) is 0 Å². The second-order valence-electron chi connectivity index (χ2n) is 8.83. The van der Waals surface area contributed by atoms with Gasteiger partial charge in [0.25, 0.3) is 0 Å². The molecule has 0 aliphatic rings. The Hall–Kier alpha value is -3.49. The summed E-state index contributed by atoms with van der Waals surface area (Å²) in [4.78, 5) is 33.7. The summed E-state index contributed by atoms with van der Waals surface area (Å²) in [5.41, 5.74) is -0.140. The molecule has 0 radical (unpaired) electrons. The van der Waals surface area contributed by atoms with Crippen LogP contribution in [0.3, 0.4) is 0 Å². The molecule has 2 aromatic carbocycles. The maximum atomic E-state index is 12.2. The van der Waals surface area contributed by atoms with Crippen LogP contribution in [0.2, 0.25) is 0 Å². The van der Waals surface area contributed by atoms with Crippen molar-refractivity contribution in [1.29, 1.82) is 0 Å². The van der Waals surface area contributed by atoms with Crippen molar-refractivity contribution in [2.24, 2.45) is 0 Å². The molecule has 0 bridgehead atoms. The van der Waals surface area contributed by atoms with E-state index in [9.17, 15) is 25.0 Å². The summed E-state index contributed by atoms with van der Waals surface area (Å²) < 4.78 is 9.97. The van der Waals surface area contributed by atoms with Crippen LogP contribution in [-0.4, -0.2) is 16.0 Å². The van der Waals surface area contributed by atoms with Gasteiger partial charge in [0.1, 0.15) is 0 Å². The first kappa shape index (κ1) is 22.8. The molecule has 0 saturated carbocycles. The lowest BCUT2D eigenvalue weighted by atomic mass is 9.87. The van der Waals surface area contributed by atoms with Crippen LogP contribution in [-0.2, 0) is 10.8 Å². The van der Waals surface area contributed by atoms with E-state index < -0.39 is 27.4 Å². The SMILES string of the molecule is CC(C)(C)c1ccc(OC(=O)Oc2ccc(C(C)(C)C)cc2[N+](=O)[O-])c([N+](=O)[O-])c1. The molecule has 0 aliphatic carbocycles. The fraction of sp³-hybridized carbons (Fsp3) is 0.381. The molecule has 0 N–H and O–H groups in total. The minimum Gasteiger partial charge on any atom is -0.387 e. The quantitative estimate of drug-likeness (QED) is 0.272. The predicted octanol–water partition coefficient (Wildman–Crippen LogP) is 5.68. The normalized spacial score (nSPS) is 11.7. The van der Waals surface area contributed by atoms with E-state index in [4.69, 9.17) is 9.47 Å². The first-order valence-corrected chi connectivity index (χ1v) is 9.17. The second kappa shape index (κ2) is 8.10. The number of nitro benzene ring substituents is 2. The van der Waals surface area contributed by atoms with Crippen molar-refractivity contribution < 1.29 is 24.1 Å². The van der Waals surface area contributed by atoms with E-state index in [1.807, 2.05) is 41.5 Å². The third kappa shape index (κ3) is 5.31. The lowest BCUT2D eigenvalue weighted by molar-refractivity contribution is -0.386. The van der Waals surface area contributed by atoms with Gasteiger partial charge in [0.05, 0.1) is 9.85 Å². The molecule has 2 aromatic rings. The molecule has 9 nitrogen and oxygen atoms in total. The van der Waals surface area contributed by atoms with Crippen molar-refractivity contribution in [1.82, 2.24) is 0 Å². The number of nitrogens with zero attached hydrogens (tertiary/aromatic N) is 2. The minimum absolute atomic E-state index is 0.313. The monoisotopic (exact) mass is 416 g/mol. The van der Waals surface area contributed by atoms with Crippen molar-refractivity contribution in [2.45, 2.75) is 52.4 Å². The Morgan fingerprint density at radius 1 is 0.733 bits per heavy atom. The van der Waals surface area contributed by atoms with Crippen molar-refractivity contribution in [3.63, 3.8) is 0 Å². The molecule has 0 spiro atoms. The summed E-state index contributed by atoms with van der Waals surface area (Å²) in [6, 6.07) is 8.47. The predicted molar refractivity (Wildman–Crippen MR) is 110 cm³/mol. The molecule has 0 heterocycles.